The van der Waals surface area contributed by atoms with Gasteiger partial charge in [0.25, 0.3) is 0 Å². The Morgan fingerprint density at radius 2 is 1.82 bits per heavy atom. The lowest BCUT2D eigenvalue weighted by Crippen LogP contribution is -2.30. The van der Waals surface area contributed by atoms with Gasteiger partial charge in [-0.3, -0.25) is 0 Å². The predicted octanol–water partition coefficient (Wildman–Crippen LogP) is 4.24. The van der Waals surface area contributed by atoms with Crippen molar-refractivity contribution in [1.29, 1.82) is 0 Å². The maximum absolute atomic E-state index is 3.60. The third kappa shape index (κ3) is 1.38. The van der Waals surface area contributed by atoms with Crippen LogP contribution in [-0.2, 0) is 5.41 Å². The number of anilines is 1. The highest BCUT2D eigenvalue weighted by Gasteiger charge is 2.37. The van der Waals surface area contributed by atoms with E-state index in [1.54, 1.807) is 0 Å². The van der Waals surface area contributed by atoms with E-state index < -0.39 is 0 Å². The Hall–Kier alpha value is -1.50. The quantitative estimate of drug-likeness (QED) is 0.707. The highest BCUT2D eigenvalue weighted by molar-refractivity contribution is 5.93. The van der Waals surface area contributed by atoms with Gasteiger partial charge >= 0.3 is 0 Å². The number of hydrogen-bond donors (Lipinski definition) is 1. The highest BCUT2D eigenvalue weighted by Crippen LogP contribution is 2.44. The van der Waals surface area contributed by atoms with Gasteiger partial charge in [-0.05, 0) is 36.2 Å². The summed E-state index contributed by atoms with van der Waals surface area (Å²) in [7, 11) is 0. The fourth-order valence-electron chi connectivity index (χ4n) is 2.88. The number of fused-ring (bicyclic) bond motifs is 3. The van der Waals surface area contributed by atoms with Crippen molar-refractivity contribution in [3.63, 3.8) is 0 Å². The molecule has 0 saturated heterocycles. The zero-order valence-corrected chi connectivity index (χ0v) is 11.0. The Bertz CT molecular complexity index is 596. The fourth-order valence-corrected chi connectivity index (χ4v) is 2.88. The summed E-state index contributed by atoms with van der Waals surface area (Å²) in [5.74, 6) is 0. The fraction of sp³-hybridized carbons (Fsp3) is 0.375. The van der Waals surface area contributed by atoms with Crippen LogP contribution in [0.4, 0.5) is 5.69 Å². The van der Waals surface area contributed by atoms with Crippen molar-refractivity contribution in [3.8, 4) is 0 Å². The van der Waals surface area contributed by atoms with E-state index in [2.05, 4.69) is 63.3 Å². The lowest BCUT2D eigenvalue weighted by molar-refractivity contribution is 0.489. The molecule has 1 atom stereocenters. The summed E-state index contributed by atoms with van der Waals surface area (Å²) >= 11 is 0. The van der Waals surface area contributed by atoms with Crippen LogP contribution in [0, 0.1) is 6.92 Å². The second-order valence-electron chi connectivity index (χ2n) is 5.80. The van der Waals surface area contributed by atoms with E-state index in [9.17, 15) is 0 Å². The second-order valence-corrected chi connectivity index (χ2v) is 5.80. The van der Waals surface area contributed by atoms with Crippen molar-refractivity contribution in [1.82, 2.24) is 0 Å². The topological polar surface area (TPSA) is 12.0 Å². The molecule has 1 nitrogen and oxygen atoms in total. The molecule has 1 N–H and O–H groups in total. The molecule has 0 spiro atoms. The molecule has 1 aliphatic heterocycles. The average Bonchev–Trinajstić information content (AvgIpc) is 2.50. The first-order valence-electron chi connectivity index (χ1n) is 6.30. The summed E-state index contributed by atoms with van der Waals surface area (Å²) in [6.07, 6.45) is 0. The van der Waals surface area contributed by atoms with Crippen molar-refractivity contribution >= 4 is 16.5 Å². The smallest absolute Gasteiger partial charge is 0.0387 e. The first-order chi connectivity index (χ1) is 8.00. The van der Waals surface area contributed by atoms with Gasteiger partial charge in [0.15, 0.2) is 0 Å². The van der Waals surface area contributed by atoms with Crippen molar-refractivity contribution in [3.05, 3.63) is 41.5 Å². The largest absolute Gasteiger partial charge is 0.381 e. The molecule has 0 radical (unpaired) electrons. The zero-order valence-electron chi connectivity index (χ0n) is 11.0. The van der Waals surface area contributed by atoms with E-state index in [1.807, 2.05) is 0 Å². The Morgan fingerprint density at radius 3 is 2.59 bits per heavy atom. The molecule has 1 heteroatoms. The summed E-state index contributed by atoms with van der Waals surface area (Å²) in [6.45, 7) is 9.09. The summed E-state index contributed by atoms with van der Waals surface area (Å²) in [4.78, 5) is 0. The number of nitrogens with one attached hydrogen (secondary N) is 1. The molecule has 1 heterocycles. The third-order valence-electron chi connectivity index (χ3n) is 4.28. The van der Waals surface area contributed by atoms with Crippen LogP contribution >= 0.6 is 0 Å². The molecule has 2 aromatic rings. The first-order valence-corrected chi connectivity index (χ1v) is 6.30. The molecule has 0 aliphatic carbocycles. The van der Waals surface area contributed by atoms with E-state index in [-0.39, 0.29) is 5.41 Å². The minimum absolute atomic E-state index is 0.197. The molecule has 1 unspecified atom stereocenters. The molecular formula is C16H19N. The van der Waals surface area contributed by atoms with Crippen LogP contribution in [0.15, 0.2) is 30.3 Å². The van der Waals surface area contributed by atoms with Crippen LogP contribution in [0.25, 0.3) is 10.8 Å². The minimum atomic E-state index is 0.197. The first kappa shape index (κ1) is 10.6. The van der Waals surface area contributed by atoms with Gasteiger partial charge in [0.05, 0.1) is 0 Å². The lowest BCUT2D eigenvalue weighted by atomic mass is 9.79. The van der Waals surface area contributed by atoms with E-state index in [4.69, 9.17) is 0 Å². The second kappa shape index (κ2) is 3.25. The van der Waals surface area contributed by atoms with Gasteiger partial charge < -0.3 is 5.32 Å². The van der Waals surface area contributed by atoms with Gasteiger partial charge in [0.1, 0.15) is 0 Å². The van der Waals surface area contributed by atoms with E-state index >= 15 is 0 Å². The normalized spacial score (nSPS) is 21.3. The molecule has 0 fully saturated rings. The van der Waals surface area contributed by atoms with Crippen molar-refractivity contribution in [2.75, 3.05) is 5.32 Å². The van der Waals surface area contributed by atoms with E-state index in [1.165, 1.54) is 27.6 Å². The molecule has 0 amide bonds. The van der Waals surface area contributed by atoms with Crippen molar-refractivity contribution in [2.24, 2.45) is 0 Å². The standard InChI is InChI=1S/C16H19N/c1-10-5-6-12-7-8-14-15(13(12)9-10)16(3,4)11(2)17-14/h5-9,11,17H,1-4H3. The molecule has 88 valence electrons. The van der Waals surface area contributed by atoms with Crippen LogP contribution in [0.1, 0.15) is 31.9 Å². The zero-order chi connectivity index (χ0) is 12.2. The number of aryl methyl sites for hydroxylation is 1. The maximum Gasteiger partial charge on any atom is 0.0387 e. The predicted molar refractivity (Wildman–Crippen MR) is 74.8 cm³/mol. The number of benzene rings is 2. The average molecular weight is 225 g/mol. The summed E-state index contributed by atoms with van der Waals surface area (Å²) in [5, 5.41) is 6.35. The van der Waals surface area contributed by atoms with Gasteiger partial charge in [-0.1, -0.05) is 43.7 Å². The highest BCUT2D eigenvalue weighted by atomic mass is 15.0. The van der Waals surface area contributed by atoms with Crippen LogP contribution in [0.2, 0.25) is 0 Å². The van der Waals surface area contributed by atoms with Gasteiger partial charge in [-0.2, -0.15) is 0 Å². The third-order valence-corrected chi connectivity index (χ3v) is 4.28. The molecule has 17 heavy (non-hydrogen) atoms. The molecule has 2 aromatic carbocycles. The van der Waals surface area contributed by atoms with Gasteiger partial charge in [-0.15, -0.1) is 0 Å². The van der Waals surface area contributed by atoms with E-state index in [0.29, 0.717) is 6.04 Å². The molecule has 0 bridgehead atoms. The van der Waals surface area contributed by atoms with Gasteiger partial charge in [0, 0.05) is 17.1 Å². The minimum Gasteiger partial charge on any atom is -0.381 e. The van der Waals surface area contributed by atoms with E-state index in [0.717, 1.165) is 0 Å². The molecule has 1 aliphatic rings. The molecule has 0 saturated carbocycles. The van der Waals surface area contributed by atoms with Crippen molar-refractivity contribution < 1.29 is 0 Å². The van der Waals surface area contributed by atoms with Gasteiger partial charge in [-0.25, -0.2) is 0 Å². The van der Waals surface area contributed by atoms with Gasteiger partial charge in [0.2, 0.25) is 0 Å². The molecular weight excluding hydrogens is 206 g/mol. The maximum atomic E-state index is 3.60. The summed E-state index contributed by atoms with van der Waals surface area (Å²) in [6, 6.07) is 11.7. The Morgan fingerprint density at radius 1 is 1.12 bits per heavy atom. The van der Waals surface area contributed by atoms with Crippen LogP contribution < -0.4 is 5.32 Å². The summed E-state index contributed by atoms with van der Waals surface area (Å²) < 4.78 is 0. The van der Waals surface area contributed by atoms with Crippen molar-refractivity contribution in [2.45, 2.75) is 39.2 Å². The Balaban J connectivity index is 2.40. The molecule has 3 rings (SSSR count). The van der Waals surface area contributed by atoms with Crippen LogP contribution in [0.5, 0.6) is 0 Å². The lowest BCUT2D eigenvalue weighted by Gasteiger charge is -2.25. The Kier molecular flexibility index (Phi) is 2.04. The summed E-state index contributed by atoms with van der Waals surface area (Å²) in [5.41, 5.74) is 4.32. The van der Waals surface area contributed by atoms with Crippen LogP contribution in [-0.4, -0.2) is 6.04 Å². The number of hydrogen-bond acceptors (Lipinski definition) is 1. The van der Waals surface area contributed by atoms with Crippen LogP contribution in [0.3, 0.4) is 0 Å². The molecule has 0 aromatic heterocycles. The number of rotatable bonds is 0. The SMILES string of the molecule is Cc1ccc2ccc3c(c2c1)C(C)(C)C(C)N3. The Labute approximate surface area is 103 Å². The monoisotopic (exact) mass is 225 g/mol.